The van der Waals surface area contributed by atoms with Crippen LogP contribution in [0.1, 0.15) is 30.0 Å². The number of carbonyl (C=O) groups is 1. The van der Waals surface area contributed by atoms with Crippen LogP contribution in [-0.2, 0) is 11.2 Å². The second-order valence-corrected chi connectivity index (χ2v) is 3.47. The van der Waals surface area contributed by atoms with Crippen LogP contribution in [0.25, 0.3) is 0 Å². The number of esters is 1. The Morgan fingerprint density at radius 3 is 2.86 bits per heavy atom. The molecule has 0 saturated carbocycles. The lowest BCUT2D eigenvalue weighted by Gasteiger charge is -2.05. The van der Waals surface area contributed by atoms with E-state index in [4.69, 9.17) is 0 Å². The Morgan fingerprint density at radius 1 is 1.71 bits per heavy atom. The van der Waals surface area contributed by atoms with E-state index in [-0.39, 0.29) is 5.69 Å². The zero-order valence-electron chi connectivity index (χ0n) is 8.52. The number of rotatable bonds is 3. The van der Waals surface area contributed by atoms with Gasteiger partial charge in [-0.1, -0.05) is 13.8 Å². The normalized spacial score (nSPS) is 10.6. The Kier molecular flexibility index (Phi) is 3.11. The van der Waals surface area contributed by atoms with Gasteiger partial charge in [0.15, 0.2) is 5.69 Å². The number of methoxy groups -OCH3 is 1. The van der Waals surface area contributed by atoms with E-state index in [0.717, 1.165) is 4.73 Å². The summed E-state index contributed by atoms with van der Waals surface area (Å²) in [5.74, 6) is -0.186. The summed E-state index contributed by atoms with van der Waals surface area (Å²) in [5, 5.41) is 9.37. The van der Waals surface area contributed by atoms with E-state index in [1.165, 1.54) is 13.4 Å². The minimum absolute atomic E-state index is 0.184. The number of imidazole rings is 1. The summed E-state index contributed by atoms with van der Waals surface area (Å²) in [6, 6.07) is 0. The predicted octanol–water partition coefficient (Wildman–Crippen LogP) is 1.11. The van der Waals surface area contributed by atoms with Crippen LogP contribution in [0.3, 0.4) is 0 Å². The highest BCUT2D eigenvalue weighted by Gasteiger charge is 2.18. The maximum atomic E-state index is 11.2. The molecule has 0 bridgehead atoms. The molecule has 78 valence electrons. The first-order chi connectivity index (χ1) is 6.56. The average Bonchev–Trinajstić information content (AvgIpc) is 2.46. The standard InChI is InChI=1S/C9H14N2O3/c1-6(2)4-7-8(9(12)14-3)10-5-11(7)13/h5-6,13H,4H2,1-3H3. The summed E-state index contributed by atoms with van der Waals surface area (Å²) >= 11 is 0. The van der Waals surface area contributed by atoms with Crippen LogP contribution in [0.15, 0.2) is 6.33 Å². The highest BCUT2D eigenvalue weighted by molar-refractivity contribution is 5.88. The van der Waals surface area contributed by atoms with E-state index in [1.54, 1.807) is 0 Å². The minimum Gasteiger partial charge on any atom is -0.464 e. The molecule has 1 aromatic rings. The lowest BCUT2D eigenvalue weighted by Crippen LogP contribution is -2.10. The molecule has 0 radical (unpaired) electrons. The second-order valence-electron chi connectivity index (χ2n) is 3.47. The van der Waals surface area contributed by atoms with E-state index >= 15 is 0 Å². The number of hydrogen-bond acceptors (Lipinski definition) is 4. The molecule has 0 atom stereocenters. The van der Waals surface area contributed by atoms with Crippen LogP contribution in [0.4, 0.5) is 0 Å². The molecule has 5 heteroatoms. The molecule has 1 aromatic heterocycles. The molecule has 1 heterocycles. The average molecular weight is 198 g/mol. The molecule has 5 nitrogen and oxygen atoms in total. The van der Waals surface area contributed by atoms with Gasteiger partial charge in [-0.05, 0) is 12.3 Å². The summed E-state index contributed by atoms with van der Waals surface area (Å²) in [5.41, 5.74) is 0.676. The second kappa shape index (κ2) is 4.13. The van der Waals surface area contributed by atoms with E-state index in [0.29, 0.717) is 18.0 Å². The van der Waals surface area contributed by atoms with E-state index in [9.17, 15) is 10.0 Å². The molecule has 0 amide bonds. The first kappa shape index (κ1) is 10.6. The summed E-state index contributed by atoms with van der Waals surface area (Å²) in [6.45, 7) is 3.99. The van der Waals surface area contributed by atoms with Crippen molar-refractivity contribution in [3.05, 3.63) is 17.7 Å². The third-order valence-electron chi connectivity index (χ3n) is 1.83. The van der Waals surface area contributed by atoms with Crippen molar-refractivity contribution in [1.29, 1.82) is 0 Å². The maximum absolute atomic E-state index is 11.2. The number of aromatic nitrogens is 2. The SMILES string of the molecule is COC(=O)c1ncn(O)c1CC(C)C. The first-order valence-electron chi connectivity index (χ1n) is 4.40. The lowest BCUT2D eigenvalue weighted by atomic mass is 10.1. The molecule has 0 aliphatic carbocycles. The fourth-order valence-corrected chi connectivity index (χ4v) is 1.21. The molecule has 0 aliphatic rings. The highest BCUT2D eigenvalue weighted by Crippen LogP contribution is 2.12. The number of carbonyl (C=O) groups excluding carboxylic acids is 1. The number of hydrogen-bond donors (Lipinski definition) is 1. The van der Waals surface area contributed by atoms with Gasteiger partial charge in [-0.25, -0.2) is 9.78 Å². The molecule has 0 aliphatic heterocycles. The van der Waals surface area contributed by atoms with Crippen molar-refractivity contribution < 1.29 is 14.7 Å². The minimum atomic E-state index is -0.520. The molecule has 0 aromatic carbocycles. The van der Waals surface area contributed by atoms with Gasteiger partial charge in [0.1, 0.15) is 6.33 Å². The van der Waals surface area contributed by atoms with Crippen molar-refractivity contribution in [2.45, 2.75) is 20.3 Å². The predicted molar refractivity (Wildman–Crippen MR) is 49.3 cm³/mol. The van der Waals surface area contributed by atoms with Crippen LogP contribution in [0.5, 0.6) is 0 Å². The van der Waals surface area contributed by atoms with Crippen molar-refractivity contribution in [1.82, 2.24) is 9.71 Å². The smallest absolute Gasteiger partial charge is 0.358 e. The quantitative estimate of drug-likeness (QED) is 0.583. The van der Waals surface area contributed by atoms with Crippen LogP contribution in [-0.4, -0.2) is 28.0 Å². The zero-order valence-corrected chi connectivity index (χ0v) is 8.52. The first-order valence-corrected chi connectivity index (χ1v) is 4.40. The summed E-state index contributed by atoms with van der Waals surface area (Å²) < 4.78 is 5.41. The number of nitrogens with zero attached hydrogens (tertiary/aromatic N) is 2. The van der Waals surface area contributed by atoms with E-state index in [1.807, 2.05) is 13.8 Å². The molecule has 0 spiro atoms. The Labute approximate surface area is 82.3 Å². The monoisotopic (exact) mass is 198 g/mol. The fraction of sp³-hybridized carbons (Fsp3) is 0.556. The highest BCUT2D eigenvalue weighted by atomic mass is 16.5. The van der Waals surface area contributed by atoms with Crippen LogP contribution < -0.4 is 0 Å². The van der Waals surface area contributed by atoms with Crippen molar-refractivity contribution >= 4 is 5.97 Å². The van der Waals surface area contributed by atoms with Gasteiger partial charge < -0.3 is 9.94 Å². The Hall–Kier alpha value is -1.52. The Bertz CT molecular complexity index is 331. The fourth-order valence-electron chi connectivity index (χ4n) is 1.21. The van der Waals surface area contributed by atoms with Crippen molar-refractivity contribution in [3.8, 4) is 0 Å². The van der Waals surface area contributed by atoms with Gasteiger partial charge in [0.05, 0.1) is 12.8 Å². The van der Waals surface area contributed by atoms with Gasteiger partial charge in [0, 0.05) is 0 Å². The molecule has 14 heavy (non-hydrogen) atoms. The van der Waals surface area contributed by atoms with E-state index in [2.05, 4.69) is 9.72 Å². The van der Waals surface area contributed by atoms with Gasteiger partial charge in [-0.2, -0.15) is 4.73 Å². The zero-order chi connectivity index (χ0) is 10.7. The summed E-state index contributed by atoms with van der Waals surface area (Å²) in [7, 11) is 1.29. The topological polar surface area (TPSA) is 64.3 Å². The molecule has 0 fully saturated rings. The van der Waals surface area contributed by atoms with Crippen molar-refractivity contribution in [2.75, 3.05) is 7.11 Å². The van der Waals surface area contributed by atoms with Crippen LogP contribution >= 0.6 is 0 Å². The van der Waals surface area contributed by atoms with Crippen LogP contribution in [0, 0.1) is 5.92 Å². The van der Waals surface area contributed by atoms with Crippen molar-refractivity contribution in [3.63, 3.8) is 0 Å². The molecule has 1 rings (SSSR count). The molecular formula is C9H14N2O3. The summed E-state index contributed by atoms with van der Waals surface area (Å²) in [6.07, 6.45) is 1.78. The van der Waals surface area contributed by atoms with Gasteiger partial charge in [0.2, 0.25) is 0 Å². The van der Waals surface area contributed by atoms with Crippen molar-refractivity contribution in [2.24, 2.45) is 5.92 Å². The maximum Gasteiger partial charge on any atom is 0.358 e. The largest absolute Gasteiger partial charge is 0.464 e. The Balaban J connectivity index is 2.99. The molecular weight excluding hydrogens is 184 g/mol. The van der Waals surface area contributed by atoms with Gasteiger partial charge in [-0.3, -0.25) is 0 Å². The van der Waals surface area contributed by atoms with Gasteiger partial charge in [0.25, 0.3) is 0 Å². The molecule has 0 unspecified atom stereocenters. The van der Waals surface area contributed by atoms with E-state index < -0.39 is 5.97 Å². The van der Waals surface area contributed by atoms with Gasteiger partial charge >= 0.3 is 5.97 Å². The Morgan fingerprint density at radius 2 is 2.36 bits per heavy atom. The lowest BCUT2D eigenvalue weighted by molar-refractivity contribution is 0.0590. The van der Waals surface area contributed by atoms with Crippen LogP contribution in [0.2, 0.25) is 0 Å². The third-order valence-corrected chi connectivity index (χ3v) is 1.83. The number of ether oxygens (including phenoxy) is 1. The third kappa shape index (κ3) is 2.04. The molecule has 0 saturated heterocycles. The van der Waals surface area contributed by atoms with Gasteiger partial charge in [-0.15, -0.1) is 0 Å². The summed E-state index contributed by atoms with van der Waals surface area (Å²) in [4.78, 5) is 15.0. The molecule has 1 N–H and O–H groups in total.